The van der Waals surface area contributed by atoms with Gasteiger partial charge in [-0.1, -0.05) is 57.3 Å². The van der Waals surface area contributed by atoms with Crippen LogP contribution in [0.1, 0.15) is 22.7 Å². The third-order valence-corrected chi connectivity index (χ3v) is 4.55. The zero-order valence-electron chi connectivity index (χ0n) is 9.75. The van der Waals surface area contributed by atoms with Crippen molar-refractivity contribution in [3.05, 3.63) is 67.6 Å². The first-order chi connectivity index (χ1) is 8.50. The maximum Gasteiger partial charge on any atom is 0.0595 e. The molecule has 0 aliphatic carbocycles. The van der Waals surface area contributed by atoms with Gasteiger partial charge in [-0.2, -0.15) is 0 Å². The minimum absolute atomic E-state index is 0.211. The van der Waals surface area contributed by atoms with E-state index in [1.165, 1.54) is 0 Å². The molecule has 0 saturated heterocycles. The average molecular weight is 345 g/mol. The Balaban J connectivity index is 2.44. The highest BCUT2D eigenvalue weighted by molar-refractivity contribution is 9.10. The van der Waals surface area contributed by atoms with Crippen molar-refractivity contribution in [2.24, 2.45) is 5.73 Å². The minimum Gasteiger partial charge on any atom is -0.320 e. The second-order valence-electron chi connectivity index (χ2n) is 4.11. The highest BCUT2D eigenvalue weighted by atomic mass is 79.9. The lowest BCUT2D eigenvalue weighted by Gasteiger charge is -2.16. The van der Waals surface area contributed by atoms with Crippen molar-refractivity contribution in [3.63, 3.8) is 0 Å². The molecule has 0 aliphatic heterocycles. The van der Waals surface area contributed by atoms with Crippen LogP contribution < -0.4 is 5.73 Å². The van der Waals surface area contributed by atoms with Crippen molar-refractivity contribution in [2.75, 3.05) is 0 Å². The minimum atomic E-state index is -0.211. The molecule has 0 heterocycles. The van der Waals surface area contributed by atoms with Crippen LogP contribution in [0.3, 0.4) is 0 Å². The predicted octanol–water partition coefficient (Wildman–Crippen LogP) is 5.11. The van der Waals surface area contributed by atoms with Crippen LogP contribution in [-0.2, 0) is 0 Å². The van der Waals surface area contributed by atoms with Crippen LogP contribution in [0, 0.1) is 6.92 Å². The lowest BCUT2D eigenvalue weighted by atomic mass is 9.96. The molecule has 0 spiro atoms. The van der Waals surface area contributed by atoms with Crippen LogP contribution in [0.5, 0.6) is 0 Å². The van der Waals surface area contributed by atoms with Gasteiger partial charge in [0.2, 0.25) is 0 Å². The Hall–Kier alpha value is -0.540. The number of nitrogens with two attached hydrogens (primary N) is 1. The molecule has 0 bridgehead atoms. The summed E-state index contributed by atoms with van der Waals surface area (Å²) in [5.74, 6) is 0. The number of rotatable bonds is 2. The Morgan fingerprint density at radius 2 is 1.83 bits per heavy atom. The second kappa shape index (κ2) is 5.62. The molecule has 0 amide bonds. The smallest absolute Gasteiger partial charge is 0.0595 e. The van der Waals surface area contributed by atoms with Crippen LogP contribution in [0.15, 0.2) is 40.9 Å². The van der Waals surface area contributed by atoms with Crippen molar-refractivity contribution in [1.29, 1.82) is 0 Å². The van der Waals surface area contributed by atoms with E-state index in [0.29, 0.717) is 10.0 Å². The fourth-order valence-electron chi connectivity index (χ4n) is 1.85. The average Bonchev–Trinajstić information content (AvgIpc) is 2.35. The van der Waals surface area contributed by atoms with Gasteiger partial charge in [0.1, 0.15) is 0 Å². The SMILES string of the molecule is Cc1c(Br)cccc1C(N)c1ccc(Cl)c(Cl)c1. The molecule has 0 aromatic heterocycles. The summed E-state index contributed by atoms with van der Waals surface area (Å²) in [5.41, 5.74) is 9.44. The van der Waals surface area contributed by atoms with Gasteiger partial charge in [-0.3, -0.25) is 0 Å². The van der Waals surface area contributed by atoms with Gasteiger partial charge in [-0.15, -0.1) is 0 Å². The van der Waals surface area contributed by atoms with E-state index in [0.717, 1.165) is 21.2 Å². The molecular formula is C14H12BrCl2N. The van der Waals surface area contributed by atoms with E-state index in [1.807, 2.05) is 37.3 Å². The van der Waals surface area contributed by atoms with Crippen LogP contribution in [0.25, 0.3) is 0 Å². The molecule has 1 nitrogen and oxygen atoms in total. The predicted molar refractivity (Wildman–Crippen MR) is 81.4 cm³/mol. The number of hydrogen-bond donors (Lipinski definition) is 1. The third-order valence-electron chi connectivity index (χ3n) is 2.95. The highest BCUT2D eigenvalue weighted by Gasteiger charge is 2.13. The zero-order valence-corrected chi connectivity index (χ0v) is 12.9. The fraction of sp³-hybridized carbons (Fsp3) is 0.143. The summed E-state index contributed by atoms with van der Waals surface area (Å²) in [6.45, 7) is 2.04. The van der Waals surface area contributed by atoms with Gasteiger partial charge in [-0.25, -0.2) is 0 Å². The molecule has 1 unspecified atom stereocenters. The van der Waals surface area contributed by atoms with Crippen molar-refractivity contribution < 1.29 is 0 Å². The van der Waals surface area contributed by atoms with Crippen molar-refractivity contribution in [3.8, 4) is 0 Å². The van der Waals surface area contributed by atoms with E-state index >= 15 is 0 Å². The van der Waals surface area contributed by atoms with E-state index in [2.05, 4.69) is 15.9 Å². The van der Waals surface area contributed by atoms with Gasteiger partial charge in [0.05, 0.1) is 16.1 Å². The number of hydrogen-bond acceptors (Lipinski definition) is 1. The van der Waals surface area contributed by atoms with Crippen LogP contribution in [0.4, 0.5) is 0 Å². The lowest BCUT2D eigenvalue weighted by molar-refractivity contribution is 0.860. The maximum absolute atomic E-state index is 6.28. The second-order valence-corrected chi connectivity index (χ2v) is 5.77. The number of halogens is 3. The molecular weight excluding hydrogens is 333 g/mol. The first kappa shape index (κ1) is 13.9. The molecule has 0 aliphatic rings. The molecule has 4 heteroatoms. The molecule has 0 saturated carbocycles. The third kappa shape index (κ3) is 2.72. The first-order valence-electron chi connectivity index (χ1n) is 5.46. The van der Waals surface area contributed by atoms with Crippen LogP contribution in [0.2, 0.25) is 10.0 Å². The summed E-state index contributed by atoms with van der Waals surface area (Å²) < 4.78 is 1.05. The highest BCUT2D eigenvalue weighted by Crippen LogP contribution is 2.30. The quantitative estimate of drug-likeness (QED) is 0.804. The van der Waals surface area contributed by atoms with Crippen LogP contribution in [-0.4, -0.2) is 0 Å². The molecule has 2 N–H and O–H groups in total. The van der Waals surface area contributed by atoms with Crippen LogP contribution >= 0.6 is 39.1 Å². The van der Waals surface area contributed by atoms with E-state index < -0.39 is 0 Å². The molecule has 94 valence electrons. The van der Waals surface area contributed by atoms with E-state index in [4.69, 9.17) is 28.9 Å². The Bertz CT molecular complexity index is 584. The molecule has 0 fully saturated rings. The summed E-state index contributed by atoms with van der Waals surface area (Å²) >= 11 is 15.4. The van der Waals surface area contributed by atoms with Gasteiger partial charge in [0.15, 0.2) is 0 Å². The van der Waals surface area contributed by atoms with Crippen molar-refractivity contribution in [2.45, 2.75) is 13.0 Å². The molecule has 2 aromatic rings. The standard InChI is InChI=1S/C14H12BrCl2N/c1-8-10(3-2-4-11(8)15)14(18)9-5-6-12(16)13(17)7-9/h2-7,14H,18H2,1H3. The fourth-order valence-corrected chi connectivity index (χ4v) is 2.53. The normalized spacial score (nSPS) is 12.5. The maximum atomic E-state index is 6.28. The Labute approximate surface area is 125 Å². The number of benzene rings is 2. The van der Waals surface area contributed by atoms with Gasteiger partial charge < -0.3 is 5.73 Å². The summed E-state index contributed by atoms with van der Waals surface area (Å²) in [6, 6.07) is 11.3. The largest absolute Gasteiger partial charge is 0.320 e. The van der Waals surface area contributed by atoms with Gasteiger partial charge in [-0.05, 0) is 41.8 Å². The van der Waals surface area contributed by atoms with E-state index in [1.54, 1.807) is 6.07 Å². The monoisotopic (exact) mass is 343 g/mol. The zero-order chi connectivity index (χ0) is 13.3. The van der Waals surface area contributed by atoms with E-state index in [9.17, 15) is 0 Å². The van der Waals surface area contributed by atoms with Gasteiger partial charge >= 0.3 is 0 Å². The van der Waals surface area contributed by atoms with Gasteiger partial charge in [0.25, 0.3) is 0 Å². The molecule has 18 heavy (non-hydrogen) atoms. The first-order valence-corrected chi connectivity index (χ1v) is 7.01. The topological polar surface area (TPSA) is 26.0 Å². The molecule has 0 radical (unpaired) electrons. The van der Waals surface area contributed by atoms with Crippen molar-refractivity contribution >= 4 is 39.1 Å². The van der Waals surface area contributed by atoms with Gasteiger partial charge in [0, 0.05) is 4.47 Å². The molecule has 2 rings (SSSR count). The molecule has 2 aromatic carbocycles. The Morgan fingerprint density at radius 1 is 1.11 bits per heavy atom. The lowest BCUT2D eigenvalue weighted by Crippen LogP contribution is -2.13. The van der Waals surface area contributed by atoms with E-state index in [-0.39, 0.29) is 6.04 Å². The molecule has 1 atom stereocenters. The summed E-state index contributed by atoms with van der Waals surface area (Å²) in [5, 5.41) is 1.07. The summed E-state index contributed by atoms with van der Waals surface area (Å²) in [7, 11) is 0. The Kier molecular flexibility index (Phi) is 4.33. The van der Waals surface area contributed by atoms with Crippen molar-refractivity contribution in [1.82, 2.24) is 0 Å². The summed E-state index contributed by atoms with van der Waals surface area (Å²) in [6.07, 6.45) is 0. The summed E-state index contributed by atoms with van der Waals surface area (Å²) in [4.78, 5) is 0. The Morgan fingerprint density at radius 3 is 2.50 bits per heavy atom.